The van der Waals surface area contributed by atoms with Gasteiger partial charge >= 0.3 is 32.2 Å². The van der Waals surface area contributed by atoms with Gasteiger partial charge in [0, 0.05) is 79.4 Å². The van der Waals surface area contributed by atoms with Crippen LogP contribution in [-0.2, 0) is 36.7 Å². The first-order valence-electron chi connectivity index (χ1n) is 25.0. The number of alkyl halides is 2. The van der Waals surface area contributed by atoms with Crippen molar-refractivity contribution in [3.05, 3.63) is 154 Å². The molecule has 23 nitrogen and oxygen atoms in total. The Bertz CT molecular complexity index is 3400. The summed E-state index contributed by atoms with van der Waals surface area (Å²) in [6.07, 6.45) is -7.02. The predicted octanol–water partition coefficient (Wildman–Crippen LogP) is 11.4. The summed E-state index contributed by atoms with van der Waals surface area (Å²) >= 11 is 35.6. The summed E-state index contributed by atoms with van der Waals surface area (Å²) in [5.41, 5.74) is -2.77. The lowest BCUT2D eigenvalue weighted by atomic mass is 9.93. The molecule has 4 saturated heterocycles. The second kappa shape index (κ2) is 30.7. The van der Waals surface area contributed by atoms with Crippen LogP contribution in [0.15, 0.2) is 117 Å². The SMILES string of the molecule is CC(C)O.CC(C)OP(=O)(Cl)Oc1ccc(Cl)cc1.CC(C)OP(=O)(OC[C@@]1(F)O[C@@H](n2ccc(=O)[nH]c2=O)[C@@]2(CCS2)[C@@H]1O)Oc1ccc(Cl)cc1.O=P(Cl)(Cl)Oc1ccc(Cl)cc1.O=c1ccn([C@@H]2O[C@](F)(CO)[C@@H](O)[C@]23CCS3)c(=O)[nH]1. The number of hydrogen-bond donors (Lipinski definition) is 6. The van der Waals surface area contributed by atoms with Gasteiger partial charge in [-0.05, 0) is 139 Å². The van der Waals surface area contributed by atoms with E-state index < -0.39 is 109 Å². The largest absolute Gasteiger partial charge is 0.530 e. The van der Waals surface area contributed by atoms with E-state index in [2.05, 4.69) is 14.5 Å². The summed E-state index contributed by atoms with van der Waals surface area (Å²) in [5.74, 6) is -3.39. The number of phosphoric ester groups is 1. The summed E-state index contributed by atoms with van der Waals surface area (Å²) < 4.78 is 107. The highest BCUT2D eigenvalue weighted by atomic mass is 35.9. The number of H-pyrrole nitrogens is 2. The number of aliphatic hydroxyl groups is 4. The fourth-order valence-electron chi connectivity index (χ4n) is 7.88. The number of aromatic nitrogens is 4. The summed E-state index contributed by atoms with van der Waals surface area (Å²) in [6, 6.07) is 20.7. The molecule has 0 aliphatic carbocycles. The van der Waals surface area contributed by atoms with Crippen molar-refractivity contribution in [1.29, 1.82) is 0 Å². The lowest BCUT2D eigenvalue weighted by Gasteiger charge is -2.43. The van der Waals surface area contributed by atoms with Gasteiger partial charge in [0.1, 0.15) is 42.7 Å². The van der Waals surface area contributed by atoms with Crippen molar-refractivity contribution >= 4 is 113 Å². The van der Waals surface area contributed by atoms with Crippen LogP contribution in [0.5, 0.6) is 17.2 Å². The van der Waals surface area contributed by atoms with Crippen molar-refractivity contribution in [2.75, 3.05) is 24.7 Å². The molecule has 4 fully saturated rings. The zero-order chi connectivity index (χ0) is 63.5. The number of rotatable bonds is 16. The van der Waals surface area contributed by atoms with Crippen molar-refractivity contribution in [2.24, 2.45) is 0 Å². The average molecular weight is 1420 g/mol. The number of nitrogens with zero attached hydrogens (tertiary/aromatic N) is 2. The topological polar surface area (TPSA) is 316 Å². The first-order valence-corrected chi connectivity index (χ1v) is 35.5. The third-order valence-corrected chi connectivity index (χ3v) is 19.4. The minimum absolute atomic E-state index is 0.109. The monoisotopic (exact) mass is 1410 g/mol. The maximum Gasteiger partial charge on any atom is 0.530 e. The fourth-order valence-corrected chi connectivity index (χ4v) is 14.8. The van der Waals surface area contributed by atoms with E-state index in [-0.39, 0.29) is 18.0 Å². The van der Waals surface area contributed by atoms with E-state index in [1.807, 2.05) is 0 Å². The minimum Gasteiger partial charge on any atom is -0.422 e. The molecule has 6 heterocycles. The Morgan fingerprint density at radius 3 is 1.31 bits per heavy atom. The van der Waals surface area contributed by atoms with Gasteiger partial charge in [0.25, 0.3) is 22.8 Å². The zero-order valence-corrected chi connectivity index (χ0v) is 54.4. The van der Waals surface area contributed by atoms with E-state index >= 15 is 4.39 Å². The van der Waals surface area contributed by atoms with Gasteiger partial charge in [-0.15, -0.1) is 23.5 Å². The minimum atomic E-state index is -4.37. The number of halogens is 8. The second-order valence-electron chi connectivity index (χ2n) is 19.2. The smallest absolute Gasteiger partial charge is 0.422 e. The van der Waals surface area contributed by atoms with Gasteiger partial charge in [-0.3, -0.25) is 42.3 Å². The molecule has 0 amide bonds. The molecule has 0 saturated carbocycles. The Morgan fingerprint density at radius 1 is 0.624 bits per heavy atom. The van der Waals surface area contributed by atoms with Crippen LogP contribution in [0.1, 0.15) is 66.8 Å². The first kappa shape index (κ1) is 72.8. The number of hydrogen-bond acceptors (Lipinski definition) is 21. The van der Waals surface area contributed by atoms with E-state index in [0.717, 1.165) is 21.3 Å². The van der Waals surface area contributed by atoms with E-state index in [9.17, 15) is 47.5 Å². The fraction of sp³-hybridized carbons (Fsp3) is 0.469. The molecule has 0 bridgehead atoms. The molecule has 36 heteroatoms. The van der Waals surface area contributed by atoms with Crippen molar-refractivity contribution in [3.8, 4) is 17.2 Å². The van der Waals surface area contributed by atoms with Crippen molar-refractivity contribution in [2.45, 2.75) is 119 Å². The number of phosphoric acid groups is 1. The lowest BCUT2D eigenvalue weighted by Crippen LogP contribution is -2.54. The Labute approximate surface area is 522 Å². The number of nitrogens with one attached hydrogen (secondary N) is 2. The Balaban J connectivity index is 0.000000219. The maximum atomic E-state index is 16.0. The molecule has 2 aromatic heterocycles. The molecule has 3 aromatic carbocycles. The molecule has 5 aromatic rings. The Hall–Kier alpha value is -2.95. The standard InChI is InChI=1S/C20H23ClFN2O8PS.C11H13FN2O5S.C9H11Cl2O3P.C6H4Cl3O2P.C3H8O/c1-12(2)31-33(28,32-14-5-3-13(21)4-6-14)29-11-20(22)16(26)19(8-10-34-19)17(30-20)24-9-7-15(25)23-18(24)27;12-11(5-15)7(17)10(2-4-20-10)8(19-11)14-3-1-6(16)13-9(14)18;1-7(2)13-15(11,12)14-9-5-3-8(10)4-6-9;7-5-1-3-6(4-2-5)11-12(8,9)10;1-3(2)4/h3-7,9,12,16-17,26H,8,10-11H2,1-2H3,(H,23,25,27);1,3,7-8,15,17H,2,4-5H2,(H,13,16,18);3-7H,1-2H3;1-4H;3-4H,1-2H3/t16-,17+,19+,20+,33?;7-,8+,10+,11+;;;/m00.../s1. The second-order valence-corrected chi connectivity index (χ2v) is 31.7. The highest BCUT2D eigenvalue weighted by Gasteiger charge is 2.70. The predicted molar refractivity (Wildman–Crippen MR) is 322 cm³/mol. The highest BCUT2D eigenvalue weighted by molar-refractivity contribution is 8.05. The highest BCUT2D eigenvalue weighted by Crippen LogP contribution is 2.62. The average Bonchev–Trinajstić information content (AvgIpc) is 1.64. The summed E-state index contributed by atoms with van der Waals surface area (Å²) in [6.45, 7) is 4.49. The molecule has 2 spiro atoms. The number of aromatic amines is 2. The van der Waals surface area contributed by atoms with Crippen LogP contribution in [0.4, 0.5) is 8.78 Å². The molecular weight excluding hydrogens is 1360 g/mol. The number of aliphatic hydroxyl groups excluding tert-OH is 4. The molecule has 2 unspecified atom stereocenters. The first-order chi connectivity index (χ1) is 39.5. The third kappa shape index (κ3) is 20.3. The molecule has 4 aliphatic heterocycles. The molecule has 6 N–H and O–H groups in total. The number of benzene rings is 3. The molecule has 0 radical (unpaired) electrons. The number of ether oxygens (including phenoxy) is 2. The molecule has 85 heavy (non-hydrogen) atoms. The third-order valence-electron chi connectivity index (χ3n) is 11.5. The van der Waals surface area contributed by atoms with E-state index in [4.69, 9.17) is 111 Å². The van der Waals surface area contributed by atoms with Gasteiger partial charge in [0.05, 0.1) is 21.7 Å². The molecule has 9 rings (SSSR count). The van der Waals surface area contributed by atoms with Gasteiger partial charge in [-0.2, -0.15) is 0 Å². The van der Waals surface area contributed by atoms with Crippen LogP contribution < -0.4 is 36.1 Å². The van der Waals surface area contributed by atoms with Crippen molar-refractivity contribution < 1.29 is 79.5 Å². The van der Waals surface area contributed by atoms with E-state index in [1.165, 1.54) is 72.3 Å². The summed E-state index contributed by atoms with van der Waals surface area (Å²) in [7, 11) is -4.37. The van der Waals surface area contributed by atoms with Crippen LogP contribution in [-0.4, -0.2) is 116 Å². The van der Waals surface area contributed by atoms with E-state index in [0.29, 0.717) is 50.9 Å². The van der Waals surface area contributed by atoms with Gasteiger partial charge in [-0.25, -0.2) is 32.1 Å². The molecule has 4 aliphatic rings. The summed E-state index contributed by atoms with van der Waals surface area (Å²) in [5, 5.41) is 39.8. The molecule has 10 atom stereocenters. The lowest BCUT2D eigenvalue weighted by molar-refractivity contribution is -0.207. The molecule has 472 valence electrons. The Morgan fingerprint density at radius 2 is 0.976 bits per heavy atom. The summed E-state index contributed by atoms with van der Waals surface area (Å²) in [4.78, 5) is 50.8. The van der Waals surface area contributed by atoms with E-state index in [1.54, 1.807) is 77.9 Å². The van der Waals surface area contributed by atoms with Crippen LogP contribution in [0.2, 0.25) is 15.1 Å². The van der Waals surface area contributed by atoms with Crippen LogP contribution in [0.3, 0.4) is 0 Å². The normalized spacial score (nSPS) is 26.2. The number of thioether (sulfide) groups is 2. The maximum absolute atomic E-state index is 16.0. The molecular formula is C49H59Cl6F2N4O19P3S2. The van der Waals surface area contributed by atoms with Gasteiger partial charge in [-0.1, -0.05) is 34.8 Å². The zero-order valence-electron chi connectivity index (χ0n) is 45.5. The van der Waals surface area contributed by atoms with Gasteiger partial charge < -0.3 is 43.5 Å². The van der Waals surface area contributed by atoms with Crippen molar-refractivity contribution in [1.82, 2.24) is 19.1 Å². The van der Waals surface area contributed by atoms with Crippen LogP contribution >= 0.6 is 113 Å². The van der Waals surface area contributed by atoms with Crippen LogP contribution in [0, 0.1) is 0 Å². The van der Waals surface area contributed by atoms with Gasteiger partial charge in [0.15, 0.2) is 12.5 Å². The quantitative estimate of drug-likeness (QED) is 0.0500. The van der Waals surface area contributed by atoms with Crippen LogP contribution in [0.25, 0.3) is 0 Å². The van der Waals surface area contributed by atoms with Gasteiger partial charge in [0.2, 0.25) is 0 Å². The van der Waals surface area contributed by atoms with Crippen molar-refractivity contribution in [3.63, 3.8) is 0 Å². The Kier molecular flexibility index (Phi) is 26.3.